The molecule has 0 unspecified atom stereocenters. The molecule has 3 aliphatic carbocycles. The second kappa shape index (κ2) is 7.88. The highest BCUT2D eigenvalue weighted by molar-refractivity contribution is 9.10. The van der Waals surface area contributed by atoms with Gasteiger partial charge in [-0.25, -0.2) is 0 Å². The molecule has 2 bridgehead atoms. The fourth-order valence-corrected chi connectivity index (χ4v) is 5.78. The van der Waals surface area contributed by atoms with Gasteiger partial charge >= 0.3 is 0 Å². The molecule has 29 heavy (non-hydrogen) atoms. The number of allylic oxidation sites excluding steroid dienone is 2. The van der Waals surface area contributed by atoms with E-state index in [4.69, 9.17) is 0 Å². The van der Waals surface area contributed by atoms with E-state index in [9.17, 15) is 14.7 Å². The Labute approximate surface area is 180 Å². The minimum atomic E-state index is -0.371. The van der Waals surface area contributed by atoms with Crippen LogP contribution in [0.3, 0.4) is 0 Å². The van der Waals surface area contributed by atoms with Gasteiger partial charge in [-0.2, -0.15) is 0 Å². The van der Waals surface area contributed by atoms with Gasteiger partial charge in [-0.15, -0.1) is 0 Å². The van der Waals surface area contributed by atoms with Crippen LogP contribution in [-0.4, -0.2) is 29.6 Å². The van der Waals surface area contributed by atoms with Crippen LogP contribution >= 0.6 is 15.9 Å². The molecule has 0 aliphatic heterocycles. The van der Waals surface area contributed by atoms with Gasteiger partial charge in [0.2, 0.25) is 11.8 Å². The van der Waals surface area contributed by atoms with Gasteiger partial charge in [0.15, 0.2) is 0 Å². The second-order valence-corrected chi connectivity index (χ2v) is 10.2. The van der Waals surface area contributed by atoms with Crippen LogP contribution in [0.25, 0.3) is 0 Å². The van der Waals surface area contributed by atoms with Crippen molar-refractivity contribution < 1.29 is 14.7 Å². The van der Waals surface area contributed by atoms with E-state index in [0.717, 1.165) is 29.4 Å². The third kappa shape index (κ3) is 3.77. The largest absolute Gasteiger partial charge is 0.394 e. The van der Waals surface area contributed by atoms with Crippen LogP contribution < -0.4 is 10.6 Å². The van der Waals surface area contributed by atoms with Crippen LogP contribution in [0.5, 0.6) is 0 Å². The van der Waals surface area contributed by atoms with Gasteiger partial charge < -0.3 is 15.7 Å². The van der Waals surface area contributed by atoms with Crippen molar-refractivity contribution >= 4 is 33.4 Å². The van der Waals surface area contributed by atoms with Crippen molar-refractivity contribution in [3.8, 4) is 0 Å². The molecule has 2 fully saturated rings. The average Bonchev–Trinajstić information content (AvgIpc) is 3.35. The van der Waals surface area contributed by atoms with Gasteiger partial charge in [0, 0.05) is 10.2 Å². The van der Waals surface area contributed by atoms with E-state index in [1.54, 1.807) is 0 Å². The van der Waals surface area contributed by atoms with Gasteiger partial charge in [0.1, 0.15) is 0 Å². The Bertz CT molecular complexity index is 816. The molecule has 3 aliphatic rings. The number of aliphatic hydroxyl groups excluding tert-OH is 1. The quantitative estimate of drug-likeness (QED) is 0.542. The summed E-state index contributed by atoms with van der Waals surface area (Å²) in [6, 6.07) is 7.23. The zero-order valence-electron chi connectivity index (χ0n) is 16.9. The van der Waals surface area contributed by atoms with Crippen LogP contribution in [0.1, 0.15) is 33.1 Å². The van der Waals surface area contributed by atoms with Crippen molar-refractivity contribution in [3.05, 3.63) is 40.9 Å². The van der Waals surface area contributed by atoms with Crippen LogP contribution in [0.4, 0.5) is 5.69 Å². The summed E-state index contributed by atoms with van der Waals surface area (Å²) in [5.41, 5.74) is 0.832. The van der Waals surface area contributed by atoms with Crippen molar-refractivity contribution in [2.24, 2.45) is 35.0 Å². The van der Waals surface area contributed by atoms with Crippen LogP contribution in [0.2, 0.25) is 0 Å². The molecular formula is C23H29BrN2O3. The van der Waals surface area contributed by atoms with Crippen LogP contribution in [-0.2, 0) is 9.59 Å². The van der Waals surface area contributed by atoms with Gasteiger partial charge in [0.05, 0.1) is 24.5 Å². The van der Waals surface area contributed by atoms with E-state index in [2.05, 4.69) is 52.6 Å². The molecule has 0 aromatic heterocycles. The van der Waals surface area contributed by atoms with Crippen molar-refractivity contribution in [1.29, 1.82) is 0 Å². The molecule has 156 valence electrons. The van der Waals surface area contributed by atoms with Crippen LogP contribution in [0, 0.1) is 35.0 Å². The molecule has 1 aromatic rings. The van der Waals surface area contributed by atoms with Gasteiger partial charge in [-0.05, 0) is 66.7 Å². The lowest BCUT2D eigenvalue weighted by Crippen LogP contribution is -2.47. The van der Waals surface area contributed by atoms with E-state index < -0.39 is 0 Å². The molecule has 2 saturated carbocycles. The standard InChI is InChI=1S/C23H29BrN2O3/c1-13(2)11-16(12-27)26-22(29)20-18-8-7-17(23(18)9-10-23)19(20)21(28)25-15-5-3-14(24)4-6-15/h3-8,13,16-20,27H,9-12H2,1-2H3,(H,25,28)(H,26,29)/t16-,17-,18+,19+,20+/m0/s1. The van der Waals surface area contributed by atoms with Gasteiger partial charge in [0.25, 0.3) is 0 Å². The lowest BCUT2D eigenvalue weighted by atomic mass is 9.81. The summed E-state index contributed by atoms with van der Waals surface area (Å²) in [6.07, 6.45) is 7.19. The molecule has 6 heteroatoms. The molecule has 5 atom stereocenters. The van der Waals surface area contributed by atoms with Crippen molar-refractivity contribution in [3.63, 3.8) is 0 Å². The maximum atomic E-state index is 13.3. The molecule has 5 nitrogen and oxygen atoms in total. The number of nitrogens with one attached hydrogen (secondary N) is 2. The first-order valence-corrected chi connectivity index (χ1v) is 11.3. The summed E-state index contributed by atoms with van der Waals surface area (Å²) in [7, 11) is 0. The third-order valence-electron chi connectivity index (χ3n) is 6.88. The number of carbonyl (C=O) groups excluding carboxylic acids is 2. The van der Waals surface area contributed by atoms with E-state index in [1.165, 1.54) is 0 Å². The minimum absolute atomic E-state index is 0.0819. The van der Waals surface area contributed by atoms with E-state index >= 15 is 0 Å². The summed E-state index contributed by atoms with van der Waals surface area (Å²) in [4.78, 5) is 26.5. The molecule has 0 radical (unpaired) electrons. The molecule has 4 rings (SSSR count). The summed E-state index contributed by atoms with van der Waals surface area (Å²) in [6.45, 7) is 4.06. The highest BCUT2D eigenvalue weighted by Crippen LogP contribution is 2.72. The maximum absolute atomic E-state index is 13.3. The van der Waals surface area contributed by atoms with Crippen molar-refractivity contribution in [2.45, 2.75) is 39.2 Å². The Morgan fingerprint density at radius 2 is 1.69 bits per heavy atom. The molecule has 0 heterocycles. The Morgan fingerprint density at radius 3 is 2.21 bits per heavy atom. The SMILES string of the molecule is CC(C)C[C@@H](CO)NC(=O)[C@H]1[C@H](C(=O)Nc2ccc(Br)cc2)[C@@H]2C=C[C@H]1C21CC1. The van der Waals surface area contributed by atoms with Crippen molar-refractivity contribution in [2.75, 3.05) is 11.9 Å². The zero-order chi connectivity index (χ0) is 20.8. The number of rotatable bonds is 7. The number of benzene rings is 1. The van der Waals surface area contributed by atoms with Gasteiger partial charge in [-0.1, -0.05) is 41.9 Å². The average molecular weight is 461 g/mol. The van der Waals surface area contributed by atoms with E-state index in [-0.39, 0.29) is 53.5 Å². The Balaban J connectivity index is 1.54. The molecular weight excluding hydrogens is 432 g/mol. The number of halogens is 1. The number of amides is 2. The summed E-state index contributed by atoms with van der Waals surface area (Å²) in [5.74, 6) is -0.302. The highest BCUT2D eigenvalue weighted by Gasteiger charge is 2.69. The normalized spacial score (nSPS) is 29.3. The summed E-state index contributed by atoms with van der Waals surface area (Å²) < 4.78 is 0.952. The number of anilines is 1. The smallest absolute Gasteiger partial charge is 0.228 e. The van der Waals surface area contributed by atoms with Gasteiger partial charge in [-0.3, -0.25) is 9.59 Å². The minimum Gasteiger partial charge on any atom is -0.394 e. The summed E-state index contributed by atoms with van der Waals surface area (Å²) >= 11 is 3.41. The molecule has 1 aromatic carbocycles. The predicted molar refractivity (Wildman–Crippen MR) is 116 cm³/mol. The Hall–Kier alpha value is -1.66. The predicted octanol–water partition coefficient (Wildman–Crippen LogP) is 3.74. The Morgan fingerprint density at radius 1 is 1.10 bits per heavy atom. The number of aliphatic hydroxyl groups is 1. The van der Waals surface area contributed by atoms with Crippen molar-refractivity contribution in [1.82, 2.24) is 5.32 Å². The maximum Gasteiger partial charge on any atom is 0.228 e. The fourth-order valence-electron chi connectivity index (χ4n) is 5.51. The second-order valence-electron chi connectivity index (χ2n) is 9.23. The zero-order valence-corrected chi connectivity index (χ0v) is 18.5. The fraction of sp³-hybridized carbons (Fsp3) is 0.565. The summed E-state index contributed by atoms with van der Waals surface area (Å²) in [5, 5.41) is 15.8. The first-order chi connectivity index (χ1) is 13.9. The first-order valence-electron chi connectivity index (χ1n) is 10.5. The topological polar surface area (TPSA) is 78.4 Å². The molecule has 3 N–H and O–H groups in total. The lowest BCUT2D eigenvalue weighted by Gasteiger charge is -2.28. The number of hydrogen-bond acceptors (Lipinski definition) is 3. The highest BCUT2D eigenvalue weighted by atomic mass is 79.9. The third-order valence-corrected chi connectivity index (χ3v) is 7.41. The van der Waals surface area contributed by atoms with Crippen LogP contribution in [0.15, 0.2) is 40.9 Å². The first kappa shape index (κ1) is 20.6. The van der Waals surface area contributed by atoms with E-state index in [1.807, 2.05) is 24.3 Å². The monoisotopic (exact) mass is 460 g/mol. The molecule has 2 amide bonds. The number of hydrogen-bond donors (Lipinski definition) is 3. The molecule has 0 saturated heterocycles. The molecule has 1 spiro atoms. The Kier molecular flexibility index (Phi) is 5.60. The lowest BCUT2D eigenvalue weighted by molar-refractivity contribution is -0.133. The number of carbonyl (C=O) groups is 2. The van der Waals surface area contributed by atoms with E-state index in [0.29, 0.717) is 5.92 Å².